The highest BCUT2D eigenvalue weighted by Crippen LogP contribution is 2.25. The SMILES string of the molecule is CCNC(Cc1ccc(Cl)c(Cl)c1)C1CCCCO1. The molecule has 2 unspecified atom stereocenters. The summed E-state index contributed by atoms with van der Waals surface area (Å²) in [7, 11) is 0. The smallest absolute Gasteiger partial charge is 0.0731 e. The van der Waals surface area contributed by atoms with E-state index in [4.69, 9.17) is 27.9 Å². The van der Waals surface area contributed by atoms with Crippen molar-refractivity contribution in [3.05, 3.63) is 33.8 Å². The van der Waals surface area contributed by atoms with E-state index in [2.05, 4.69) is 12.2 Å². The van der Waals surface area contributed by atoms with Crippen molar-refractivity contribution in [2.75, 3.05) is 13.2 Å². The van der Waals surface area contributed by atoms with E-state index < -0.39 is 0 Å². The maximum atomic E-state index is 6.08. The van der Waals surface area contributed by atoms with E-state index in [-0.39, 0.29) is 0 Å². The van der Waals surface area contributed by atoms with Crippen LogP contribution in [0.2, 0.25) is 10.0 Å². The second-order valence-corrected chi connectivity index (χ2v) is 5.84. The van der Waals surface area contributed by atoms with Gasteiger partial charge < -0.3 is 10.1 Å². The molecule has 1 aliphatic heterocycles. The molecule has 2 nitrogen and oxygen atoms in total. The molecule has 0 saturated carbocycles. The van der Waals surface area contributed by atoms with E-state index in [1.807, 2.05) is 18.2 Å². The molecule has 0 spiro atoms. The minimum atomic E-state index is 0.308. The van der Waals surface area contributed by atoms with Gasteiger partial charge in [-0.3, -0.25) is 0 Å². The molecule has 2 atom stereocenters. The van der Waals surface area contributed by atoms with Crippen molar-refractivity contribution in [3.63, 3.8) is 0 Å². The molecule has 0 aromatic heterocycles. The molecule has 0 aliphatic carbocycles. The molecule has 19 heavy (non-hydrogen) atoms. The van der Waals surface area contributed by atoms with E-state index in [1.165, 1.54) is 18.4 Å². The van der Waals surface area contributed by atoms with E-state index >= 15 is 0 Å². The average molecular weight is 302 g/mol. The lowest BCUT2D eigenvalue weighted by Gasteiger charge is -2.31. The molecule has 1 heterocycles. The molecule has 1 fully saturated rings. The number of rotatable bonds is 5. The van der Waals surface area contributed by atoms with Crippen LogP contribution >= 0.6 is 23.2 Å². The summed E-state index contributed by atoms with van der Waals surface area (Å²) < 4.78 is 5.90. The summed E-state index contributed by atoms with van der Waals surface area (Å²) in [6.45, 7) is 3.96. The largest absolute Gasteiger partial charge is 0.377 e. The first kappa shape index (κ1) is 15.1. The highest BCUT2D eigenvalue weighted by atomic mass is 35.5. The van der Waals surface area contributed by atoms with Gasteiger partial charge in [0.1, 0.15) is 0 Å². The number of benzene rings is 1. The Morgan fingerprint density at radius 1 is 1.32 bits per heavy atom. The van der Waals surface area contributed by atoms with Gasteiger partial charge in [-0.05, 0) is 49.9 Å². The van der Waals surface area contributed by atoms with Crippen LogP contribution in [-0.4, -0.2) is 25.3 Å². The molecule has 4 heteroatoms. The standard InChI is InChI=1S/C15H21Cl2NO/c1-2-18-14(15-5-3-4-8-19-15)10-11-6-7-12(16)13(17)9-11/h6-7,9,14-15,18H,2-5,8,10H2,1H3. The van der Waals surface area contributed by atoms with Crippen molar-refractivity contribution in [1.29, 1.82) is 0 Å². The van der Waals surface area contributed by atoms with Crippen LogP contribution in [0.25, 0.3) is 0 Å². The Morgan fingerprint density at radius 2 is 2.16 bits per heavy atom. The number of ether oxygens (including phenoxy) is 1. The Bertz CT molecular complexity index is 405. The Labute approximate surface area is 125 Å². The van der Waals surface area contributed by atoms with Crippen molar-refractivity contribution in [3.8, 4) is 0 Å². The topological polar surface area (TPSA) is 21.3 Å². The maximum absolute atomic E-state index is 6.08. The zero-order valence-corrected chi connectivity index (χ0v) is 12.8. The predicted octanol–water partition coefficient (Wildman–Crippen LogP) is 4.08. The monoisotopic (exact) mass is 301 g/mol. The fraction of sp³-hybridized carbons (Fsp3) is 0.600. The first-order valence-corrected chi connectivity index (χ1v) is 7.75. The van der Waals surface area contributed by atoms with Crippen LogP contribution < -0.4 is 5.32 Å². The van der Waals surface area contributed by atoms with Gasteiger partial charge in [-0.2, -0.15) is 0 Å². The maximum Gasteiger partial charge on any atom is 0.0731 e. The Kier molecular flexibility index (Phi) is 5.96. The second kappa shape index (κ2) is 7.49. The van der Waals surface area contributed by atoms with Crippen LogP contribution in [0.15, 0.2) is 18.2 Å². The highest BCUT2D eigenvalue weighted by Gasteiger charge is 2.24. The summed E-state index contributed by atoms with van der Waals surface area (Å²) in [6, 6.07) is 6.21. The first-order valence-electron chi connectivity index (χ1n) is 6.99. The Hall–Kier alpha value is -0.280. The summed E-state index contributed by atoms with van der Waals surface area (Å²) in [6.07, 6.45) is 4.81. The van der Waals surface area contributed by atoms with Crippen molar-refractivity contribution < 1.29 is 4.74 Å². The molecule has 106 valence electrons. The lowest BCUT2D eigenvalue weighted by Crippen LogP contribution is -2.44. The number of hydrogen-bond donors (Lipinski definition) is 1. The quantitative estimate of drug-likeness (QED) is 0.885. The van der Waals surface area contributed by atoms with Crippen molar-refractivity contribution in [2.45, 2.75) is 44.8 Å². The van der Waals surface area contributed by atoms with Crippen molar-refractivity contribution in [2.24, 2.45) is 0 Å². The molecule has 1 N–H and O–H groups in total. The molecule has 0 radical (unpaired) electrons. The van der Waals surface area contributed by atoms with Gasteiger partial charge >= 0.3 is 0 Å². The molecule has 0 bridgehead atoms. The molecule has 0 amide bonds. The molecular weight excluding hydrogens is 281 g/mol. The van der Waals surface area contributed by atoms with E-state index in [0.29, 0.717) is 22.2 Å². The zero-order valence-electron chi connectivity index (χ0n) is 11.3. The Morgan fingerprint density at radius 3 is 2.79 bits per heavy atom. The van der Waals surface area contributed by atoms with Gasteiger partial charge in [0.25, 0.3) is 0 Å². The highest BCUT2D eigenvalue weighted by molar-refractivity contribution is 6.42. The van der Waals surface area contributed by atoms with Crippen LogP contribution in [0.3, 0.4) is 0 Å². The molecule has 1 aromatic rings. The molecular formula is C15H21Cl2NO. The summed E-state index contributed by atoms with van der Waals surface area (Å²) in [5.74, 6) is 0. The predicted molar refractivity (Wildman–Crippen MR) is 81.2 cm³/mol. The molecule has 1 aromatic carbocycles. The first-order chi connectivity index (χ1) is 9.20. The van der Waals surface area contributed by atoms with Gasteiger partial charge in [0.05, 0.1) is 16.1 Å². The van der Waals surface area contributed by atoms with Gasteiger partial charge in [0, 0.05) is 12.6 Å². The van der Waals surface area contributed by atoms with E-state index in [1.54, 1.807) is 0 Å². The summed E-state index contributed by atoms with van der Waals surface area (Å²) in [5, 5.41) is 4.77. The van der Waals surface area contributed by atoms with E-state index in [9.17, 15) is 0 Å². The summed E-state index contributed by atoms with van der Waals surface area (Å²) in [5.41, 5.74) is 1.20. The summed E-state index contributed by atoms with van der Waals surface area (Å²) in [4.78, 5) is 0. The van der Waals surface area contributed by atoms with Crippen LogP contribution in [-0.2, 0) is 11.2 Å². The lowest BCUT2D eigenvalue weighted by molar-refractivity contribution is -0.00709. The normalized spacial score (nSPS) is 21.3. The second-order valence-electron chi connectivity index (χ2n) is 5.02. The Balaban J connectivity index is 2.04. The van der Waals surface area contributed by atoms with Gasteiger partial charge in [0.15, 0.2) is 0 Å². The van der Waals surface area contributed by atoms with Crippen molar-refractivity contribution >= 4 is 23.2 Å². The van der Waals surface area contributed by atoms with Gasteiger partial charge in [-0.1, -0.05) is 36.2 Å². The number of likely N-dealkylation sites (N-methyl/N-ethyl adjacent to an activating group) is 1. The van der Waals surface area contributed by atoms with Crippen LogP contribution in [0.4, 0.5) is 0 Å². The fourth-order valence-corrected chi connectivity index (χ4v) is 2.92. The minimum Gasteiger partial charge on any atom is -0.377 e. The van der Waals surface area contributed by atoms with E-state index in [0.717, 1.165) is 26.0 Å². The average Bonchev–Trinajstić information content (AvgIpc) is 2.43. The molecule has 1 aliphatic rings. The third-order valence-electron chi connectivity index (χ3n) is 3.57. The molecule has 2 rings (SSSR count). The number of hydrogen-bond acceptors (Lipinski definition) is 2. The van der Waals surface area contributed by atoms with Gasteiger partial charge in [-0.25, -0.2) is 0 Å². The summed E-state index contributed by atoms with van der Waals surface area (Å²) >= 11 is 12.0. The van der Waals surface area contributed by atoms with Crippen LogP contribution in [0, 0.1) is 0 Å². The minimum absolute atomic E-state index is 0.308. The third-order valence-corrected chi connectivity index (χ3v) is 4.31. The van der Waals surface area contributed by atoms with Crippen LogP contribution in [0.1, 0.15) is 31.7 Å². The number of halogens is 2. The zero-order chi connectivity index (χ0) is 13.7. The van der Waals surface area contributed by atoms with Gasteiger partial charge in [0.2, 0.25) is 0 Å². The van der Waals surface area contributed by atoms with Crippen molar-refractivity contribution in [1.82, 2.24) is 5.32 Å². The fourth-order valence-electron chi connectivity index (χ4n) is 2.60. The third kappa shape index (κ3) is 4.35. The number of nitrogens with one attached hydrogen (secondary N) is 1. The lowest BCUT2D eigenvalue weighted by atomic mass is 9.96. The molecule has 1 saturated heterocycles. The van der Waals surface area contributed by atoms with Gasteiger partial charge in [-0.15, -0.1) is 0 Å². The van der Waals surface area contributed by atoms with Crippen LogP contribution in [0.5, 0.6) is 0 Å².